The molecule has 4 aromatic rings. The van der Waals surface area contributed by atoms with Gasteiger partial charge in [0.2, 0.25) is 5.91 Å². The highest BCUT2D eigenvalue weighted by Crippen LogP contribution is 2.20. The van der Waals surface area contributed by atoms with E-state index < -0.39 is 0 Å². The molecule has 0 bridgehead atoms. The van der Waals surface area contributed by atoms with Crippen LogP contribution in [0.25, 0.3) is 21.8 Å². The molecular weight excluding hydrogens is 329 g/mol. The van der Waals surface area contributed by atoms with Crippen LogP contribution >= 0.6 is 0 Å². The molecule has 0 saturated heterocycles. The summed E-state index contributed by atoms with van der Waals surface area (Å²) in [6.07, 6.45) is 5.67. The average molecular weight is 349 g/mol. The number of hydrogen-bond donors (Lipinski definition) is 3. The van der Waals surface area contributed by atoms with E-state index in [0.717, 1.165) is 27.5 Å². The Hall–Kier alpha value is -3.08. The molecule has 26 heavy (non-hydrogen) atoms. The summed E-state index contributed by atoms with van der Waals surface area (Å²) in [5, 5.41) is 4.99. The largest absolute Gasteiger partial charge is 0.361 e. The van der Waals surface area contributed by atoms with Gasteiger partial charge < -0.3 is 15.3 Å². The van der Waals surface area contributed by atoms with Gasteiger partial charge in [-0.05, 0) is 48.2 Å². The van der Waals surface area contributed by atoms with Crippen LogP contribution in [-0.2, 0) is 17.6 Å². The molecule has 0 aliphatic rings. The normalized spacial score (nSPS) is 11.3. The van der Waals surface area contributed by atoms with Crippen LogP contribution < -0.4 is 5.32 Å². The average Bonchev–Trinajstić information content (AvgIpc) is 3.24. The molecule has 5 heteroatoms. The second kappa shape index (κ2) is 7.04. The van der Waals surface area contributed by atoms with E-state index in [0.29, 0.717) is 25.8 Å². The number of halogens is 1. The summed E-state index contributed by atoms with van der Waals surface area (Å²) in [7, 11) is 0. The molecule has 4 rings (SSSR count). The lowest BCUT2D eigenvalue weighted by molar-refractivity contribution is -0.121. The van der Waals surface area contributed by atoms with Gasteiger partial charge in [0.05, 0.1) is 0 Å². The molecule has 4 nitrogen and oxygen atoms in total. The fraction of sp³-hybridized carbons (Fsp3) is 0.190. The molecule has 0 aliphatic carbocycles. The maximum Gasteiger partial charge on any atom is 0.220 e. The van der Waals surface area contributed by atoms with Crippen molar-refractivity contribution in [1.29, 1.82) is 0 Å². The standard InChI is InChI=1S/C21H20FN3O/c22-16-6-7-20-18(11-16)15(13-25-20)9-10-23-21(26)8-5-14-12-24-19-4-2-1-3-17(14)19/h1-4,6-7,11-13,24-25H,5,8-10H2,(H,23,26). The number of rotatable bonds is 6. The van der Waals surface area contributed by atoms with Gasteiger partial charge >= 0.3 is 0 Å². The third kappa shape index (κ3) is 3.33. The Labute approximate surface area is 150 Å². The number of carbonyl (C=O) groups excluding carboxylic acids is 1. The fourth-order valence-corrected chi connectivity index (χ4v) is 3.37. The molecular formula is C21H20FN3O. The first-order chi connectivity index (χ1) is 12.7. The lowest BCUT2D eigenvalue weighted by Crippen LogP contribution is -2.25. The minimum absolute atomic E-state index is 0.0290. The number of aryl methyl sites for hydroxylation is 1. The quantitative estimate of drug-likeness (QED) is 0.483. The van der Waals surface area contributed by atoms with Crippen LogP contribution in [0.5, 0.6) is 0 Å². The zero-order valence-corrected chi connectivity index (χ0v) is 14.3. The molecule has 0 unspecified atom stereocenters. The van der Waals surface area contributed by atoms with Crippen LogP contribution in [-0.4, -0.2) is 22.4 Å². The van der Waals surface area contributed by atoms with Gasteiger partial charge in [-0.1, -0.05) is 18.2 Å². The SMILES string of the molecule is O=C(CCc1c[nH]c2ccccc12)NCCc1c[nH]c2ccc(F)cc12. The van der Waals surface area contributed by atoms with E-state index in [-0.39, 0.29) is 11.7 Å². The lowest BCUT2D eigenvalue weighted by Gasteiger charge is -2.05. The van der Waals surface area contributed by atoms with Gasteiger partial charge in [0.25, 0.3) is 0 Å². The number of aromatic amines is 2. The third-order valence-electron chi connectivity index (χ3n) is 4.74. The monoisotopic (exact) mass is 349 g/mol. The Balaban J connectivity index is 1.30. The van der Waals surface area contributed by atoms with Crippen LogP contribution in [0.1, 0.15) is 17.5 Å². The number of H-pyrrole nitrogens is 2. The van der Waals surface area contributed by atoms with Crippen LogP contribution in [0.15, 0.2) is 54.9 Å². The van der Waals surface area contributed by atoms with Crippen LogP contribution in [0, 0.1) is 5.82 Å². The van der Waals surface area contributed by atoms with Crippen LogP contribution in [0.3, 0.4) is 0 Å². The van der Waals surface area contributed by atoms with Crippen molar-refractivity contribution in [2.24, 2.45) is 0 Å². The summed E-state index contributed by atoms with van der Waals surface area (Å²) in [5.74, 6) is -0.220. The van der Waals surface area contributed by atoms with Crippen LogP contribution in [0.4, 0.5) is 4.39 Å². The first-order valence-corrected chi connectivity index (χ1v) is 8.78. The van der Waals surface area contributed by atoms with Crippen molar-refractivity contribution in [3.8, 4) is 0 Å². The van der Waals surface area contributed by atoms with E-state index in [2.05, 4.69) is 21.4 Å². The van der Waals surface area contributed by atoms with Crippen molar-refractivity contribution in [3.05, 3.63) is 71.8 Å². The van der Waals surface area contributed by atoms with Gasteiger partial charge in [-0.15, -0.1) is 0 Å². The summed E-state index contributed by atoms with van der Waals surface area (Å²) in [6, 6.07) is 12.8. The first-order valence-electron chi connectivity index (χ1n) is 8.78. The zero-order valence-electron chi connectivity index (χ0n) is 14.3. The van der Waals surface area contributed by atoms with Crippen molar-refractivity contribution in [2.75, 3.05) is 6.54 Å². The van der Waals surface area contributed by atoms with Crippen LogP contribution in [0.2, 0.25) is 0 Å². The number of fused-ring (bicyclic) bond motifs is 2. The molecule has 0 aliphatic heterocycles. The fourth-order valence-electron chi connectivity index (χ4n) is 3.37. The van der Waals surface area contributed by atoms with Crippen molar-refractivity contribution in [1.82, 2.24) is 15.3 Å². The summed E-state index contributed by atoms with van der Waals surface area (Å²) in [5.41, 5.74) is 4.17. The van der Waals surface area contributed by atoms with Crippen molar-refractivity contribution in [2.45, 2.75) is 19.3 Å². The third-order valence-corrected chi connectivity index (χ3v) is 4.74. The van der Waals surface area contributed by atoms with E-state index in [1.165, 1.54) is 17.5 Å². The number of nitrogens with one attached hydrogen (secondary N) is 3. The molecule has 0 radical (unpaired) electrons. The molecule has 132 valence electrons. The number of carbonyl (C=O) groups is 1. The summed E-state index contributed by atoms with van der Waals surface area (Å²) in [6.45, 7) is 0.538. The predicted octanol–water partition coefficient (Wildman–Crippen LogP) is 4.08. The van der Waals surface area contributed by atoms with Gasteiger partial charge in [0.15, 0.2) is 0 Å². The maximum absolute atomic E-state index is 13.4. The summed E-state index contributed by atoms with van der Waals surface area (Å²) in [4.78, 5) is 18.5. The molecule has 0 spiro atoms. The second-order valence-electron chi connectivity index (χ2n) is 6.46. The second-order valence-corrected chi connectivity index (χ2v) is 6.46. The van der Waals surface area contributed by atoms with E-state index in [4.69, 9.17) is 0 Å². The smallest absolute Gasteiger partial charge is 0.220 e. The molecule has 0 fully saturated rings. The first kappa shape index (κ1) is 16.4. The Kier molecular flexibility index (Phi) is 4.44. The molecule has 3 N–H and O–H groups in total. The topological polar surface area (TPSA) is 60.7 Å². The minimum atomic E-state index is -0.249. The number of amides is 1. The summed E-state index contributed by atoms with van der Waals surface area (Å²) < 4.78 is 13.4. The highest BCUT2D eigenvalue weighted by molar-refractivity contribution is 5.85. The van der Waals surface area contributed by atoms with Gasteiger partial charge in [-0.2, -0.15) is 0 Å². The highest BCUT2D eigenvalue weighted by Gasteiger charge is 2.08. The minimum Gasteiger partial charge on any atom is -0.361 e. The Bertz CT molecular complexity index is 1060. The van der Waals surface area contributed by atoms with Crippen molar-refractivity contribution in [3.63, 3.8) is 0 Å². The molecule has 1 amide bonds. The Morgan fingerprint density at radius 1 is 0.923 bits per heavy atom. The molecule has 0 saturated carbocycles. The lowest BCUT2D eigenvalue weighted by atomic mass is 10.1. The van der Waals surface area contributed by atoms with E-state index >= 15 is 0 Å². The number of benzene rings is 2. The maximum atomic E-state index is 13.4. The van der Waals surface area contributed by atoms with E-state index in [1.807, 2.05) is 30.6 Å². The van der Waals surface area contributed by atoms with Crippen molar-refractivity contribution >= 4 is 27.7 Å². The number of aromatic nitrogens is 2. The highest BCUT2D eigenvalue weighted by atomic mass is 19.1. The van der Waals surface area contributed by atoms with E-state index in [1.54, 1.807) is 6.07 Å². The van der Waals surface area contributed by atoms with Gasteiger partial charge in [-0.3, -0.25) is 4.79 Å². The Morgan fingerprint density at radius 3 is 2.50 bits per heavy atom. The van der Waals surface area contributed by atoms with Crippen molar-refractivity contribution < 1.29 is 9.18 Å². The molecule has 0 atom stereocenters. The number of hydrogen-bond acceptors (Lipinski definition) is 1. The molecule has 2 heterocycles. The zero-order chi connectivity index (χ0) is 17.9. The predicted molar refractivity (Wildman–Crippen MR) is 102 cm³/mol. The molecule has 2 aromatic heterocycles. The number of para-hydroxylation sites is 1. The van der Waals surface area contributed by atoms with Gasteiger partial charge in [0.1, 0.15) is 5.82 Å². The van der Waals surface area contributed by atoms with Gasteiger partial charge in [-0.25, -0.2) is 4.39 Å². The van der Waals surface area contributed by atoms with E-state index in [9.17, 15) is 9.18 Å². The van der Waals surface area contributed by atoms with Gasteiger partial charge in [0, 0.05) is 47.2 Å². The Morgan fingerprint density at radius 2 is 1.65 bits per heavy atom. The summed E-state index contributed by atoms with van der Waals surface area (Å²) >= 11 is 0. The molecule has 2 aromatic carbocycles.